The van der Waals surface area contributed by atoms with E-state index in [4.69, 9.17) is 5.11 Å². The lowest BCUT2D eigenvalue weighted by Crippen LogP contribution is -1.75. The molecule has 11 heavy (non-hydrogen) atoms. The number of aliphatic hydroxyl groups excluding tert-OH is 1. The van der Waals surface area contributed by atoms with Crippen LogP contribution in [-0.2, 0) is 0 Å². The Hall–Kier alpha value is -1.28. The van der Waals surface area contributed by atoms with Gasteiger partial charge in [0.2, 0.25) is 0 Å². The van der Waals surface area contributed by atoms with Gasteiger partial charge in [-0.05, 0) is 24.3 Å². The van der Waals surface area contributed by atoms with Crippen LogP contribution in [0.15, 0.2) is 42.7 Å². The summed E-state index contributed by atoms with van der Waals surface area (Å²) in [7, 11) is 1.00. The summed E-state index contributed by atoms with van der Waals surface area (Å²) in [4.78, 5) is 0. The van der Waals surface area contributed by atoms with Gasteiger partial charge in [-0.2, -0.15) is 0 Å². The minimum absolute atomic E-state index is 1.00. The number of fused-ring (bicyclic) bond motifs is 1. The first-order chi connectivity index (χ1) is 5.47. The third kappa shape index (κ3) is 1.59. The molecule has 0 bridgehead atoms. The second-order valence-corrected chi connectivity index (χ2v) is 2.04. The Labute approximate surface area is 65.7 Å². The van der Waals surface area contributed by atoms with Gasteiger partial charge in [-0.15, -0.1) is 0 Å². The Morgan fingerprint density at radius 1 is 1.00 bits per heavy atom. The molecule has 2 rings (SSSR count). The molecule has 1 N–H and O–H groups in total. The smallest absolute Gasteiger partial charge is 0.0449 e. The molecule has 2 aromatic heterocycles. The van der Waals surface area contributed by atoms with Crippen molar-refractivity contribution in [2.45, 2.75) is 0 Å². The number of pyridine rings is 1. The highest BCUT2D eigenvalue weighted by molar-refractivity contribution is 5.46. The van der Waals surface area contributed by atoms with Crippen molar-refractivity contribution >= 4 is 5.52 Å². The fourth-order valence-electron chi connectivity index (χ4n) is 0.980. The van der Waals surface area contributed by atoms with E-state index >= 15 is 0 Å². The summed E-state index contributed by atoms with van der Waals surface area (Å²) in [6.45, 7) is 0. The van der Waals surface area contributed by atoms with Crippen LogP contribution in [-0.4, -0.2) is 16.6 Å². The summed E-state index contributed by atoms with van der Waals surface area (Å²) in [5, 5.41) is 7.00. The Kier molecular flexibility index (Phi) is 2.69. The Balaban J connectivity index is 0.000000281. The number of nitrogens with zero attached hydrogens (tertiary/aromatic N) is 1. The predicted octanol–water partition coefficient (Wildman–Crippen LogP) is 1.55. The van der Waals surface area contributed by atoms with E-state index in [0.717, 1.165) is 7.11 Å². The summed E-state index contributed by atoms with van der Waals surface area (Å²) in [5.41, 5.74) is 1.25. The van der Waals surface area contributed by atoms with Crippen molar-refractivity contribution in [2.24, 2.45) is 0 Å². The van der Waals surface area contributed by atoms with Gasteiger partial charge in [-0.1, -0.05) is 6.07 Å². The third-order valence-electron chi connectivity index (χ3n) is 1.44. The van der Waals surface area contributed by atoms with E-state index in [-0.39, 0.29) is 0 Å². The topological polar surface area (TPSA) is 24.6 Å². The maximum absolute atomic E-state index is 7.00. The van der Waals surface area contributed by atoms with E-state index in [2.05, 4.69) is 16.5 Å². The molecule has 0 atom stereocenters. The molecule has 0 fully saturated rings. The number of hydrogen-bond donors (Lipinski definition) is 1. The van der Waals surface area contributed by atoms with Gasteiger partial charge in [0.15, 0.2) is 0 Å². The van der Waals surface area contributed by atoms with Crippen molar-refractivity contribution in [3.8, 4) is 0 Å². The molecule has 0 aromatic carbocycles. The standard InChI is InChI=1S/C8H7N.CH4O/c1-2-6-9-7-3-5-8(9)4-1;1-2/h1-7H;2H,1H3. The van der Waals surface area contributed by atoms with Crippen molar-refractivity contribution in [3.05, 3.63) is 42.7 Å². The van der Waals surface area contributed by atoms with Gasteiger partial charge in [0.25, 0.3) is 0 Å². The Morgan fingerprint density at radius 3 is 2.36 bits per heavy atom. The summed E-state index contributed by atoms with van der Waals surface area (Å²) in [5.74, 6) is 0. The third-order valence-corrected chi connectivity index (χ3v) is 1.44. The van der Waals surface area contributed by atoms with Crippen LogP contribution in [0.25, 0.3) is 5.52 Å². The van der Waals surface area contributed by atoms with E-state index in [1.54, 1.807) is 0 Å². The Bertz CT molecular complexity index is 284. The predicted molar refractivity (Wildman–Crippen MR) is 45.5 cm³/mol. The average molecular weight is 149 g/mol. The largest absolute Gasteiger partial charge is 0.400 e. The molecule has 2 nitrogen and oxygen atoms in total. The first kappa shape index (κ1) is 7.82. The summed E-state index contributed by atoms with van der Waals surface area (Å²) < 4.78 is 2.08. The summed E-state index contributed by atoms with van der Waals surface area (Å²) in [6, 6.07) is 10.3. The highest BCUT2D eigenvalue weighted by atomic mass is 16.2. The Morgan fingerprint density at radius 2 is 1.64 bits per heavy atom. The average Bonchev–Trinajstić information content (AvgIpc) is 2.55. The van der Waals surface area contributed by atoms with Crippen LogP contribution in [0.4, 0.5) is 0 Å². The van der Waals surface area contributed by atoms with Gasteiger partial charge in [-0.3, -0.25) is 0 Å². The molecule has 0 saturated carbocycles. The quantitative estimate of drug-likeness (QED) is 0.604. The molecule has 0 aliphatic rings. The van der Waals surface area contributed by atoms with Gasteiger partial charge < -0.3 is 9.51 Å². The van der Waals surface area contributed by atoms with Gasteiger partial charge in [0, 0.05) is 25.0 Å². The molecule has 0 unspecified atom stereocenters. The van der Waals surface area contributed by atoms with Crippen LogP contribution in [0.3, 0.4) is 0 Å². The van der Waals surface area contributed by atoms with Gasteiger partial charge in [-0.25, -0.2) is 0 Å². The van der Waals surface area contributed by atoms with Crippen LogP contribution in [0.5, 0.6) is 0 Å². The second-order valence-electron chi connectivity index (χ2n) is 2.04. The fraction of sp³-hybridized carbons (Fsp3) is 0.111. The van der Waals surface area contributed by atoms with E-state index in [0.29, 0.717) is 0 Å². The lowest BCUT2D eigenvalue weighted by atomic mass is 10.4. The molecule has 2 aromatic rings. The fourth-order valence-corrected chi connectivity index (χ4v) is 0.980. The summed E-state index contributed by atoms with van der Waals surface area (Å²) in [6.07, 6.45) is 4.07. The van der Waals surface area contributed by atoms with Crippen molar-refractivity contribution in [1.29, 1.82) is 0 Å². The maximum Gasteiger partial charge on any atom is 0.0449 e. The molecule has 0 radical (unpaired) electrons. The zero-order valence-corrected chi connectivity index (χ0v) is 6.44. The van der Waals surface area contributed by atoms with Crippen LogP contribution in [0.1, 0.15) is 0 Å². The minimum Gasteiger partial charge on any atom is -0.400 e. The molecule has 2 heterocycles. The van der Waals surface area contributed by atoms with Gasteiger partial charge in [0.05, 0.1) is 0 Å². The first-order valence-electron chi connectivity index (χ1n) is 3.43. The zero-order valence-electron chi connectivity index (χ0n) is 6.44. The molecule has 2 heteroatoms. The molecule has 58 valence electrons. The van der Waals surface area contributed by atoms with E-state index < -0.39 is 0 Å². The summed E-state index contributed by atoms with van der Waals surface area (Å²) >= 11 is 0. The van der Waals surface area contributed by atoms with Crippen LogP contribution in [0, 0.1) is 0 Å². The van der Waals surface area contributed by atoms with E-state index in [1.807, 2.05) is 30.6 Å². The number of aromatic nitrogens is 1. The molecule has 0 aliphatic heterocycles. The van der Waals surface area contributed by atoms with Crippen molar-refractivity contribution in [2.75, 3.05) is 7.11 Å². The number of rotatable bonds is 0. The molecule has 0 aliphatic carbocycles. The van der Waals surface area contributed by atoms with Crippen molar-refractivity contribution < 1.29 is 5.11 Å². The van der Waals surface area contributed by atoms with Gasteiger partial charge >= 0.3 is 0 Å². The van der Waals surface area contributed by atoms with E-state index in [9.17, 15) is 0 Å². The molecule has 0 saturated heterocycles. The SMILES string of the molecule is CO.c1ccn2cccc2c1. The lowest BCUT2D eigenvalue weighted by Gasteiger charge is -1.88. The van der Waals surface area contributed by atoms with Crippen LogP contribution in [0.2, 0.25) is 0 Å². The normalized spacial score (nSPS) is 8.91. The number of aliphatic hydroxyl groups is 1. The lowest BCUT2D eigenvalue weighted by molar-refractivity contribution is 0.399. The van der Waals surface area contributed by atoms with Gasteiger partial charge in [0.1, 0.15) is 0 Å². The molecular weight excluding hydrogens is 138 g/mol. The maximum atomic E-state index is 7.00. The minimum atomic E-state index is 1.00. The second kappa shape index (κ2) is 3.78. The number of hydrogen-bond acceptors (Lipinski definition) is 1. The van der Waals surface area contributed by atoms with Crippen molar-refractivity contribution in [3.63, 3.8) is 0 Å². The first-order valence-corrected chi connectivity index (χ1v) is 3.43. The molecule has 0 amide bonds. The van der Waals surface area contributed by atoms with E-state index in [1.165, 1.54) is 5.52 Å². The van der Waals surface area contributed by atoms with Crippen LogP contribution < -0.4 is 0 Å². The molecule has 0 spiro atoms. The molecular formula is C9H11NO. The van der Waals surface area contributed by atoms with Crippen molar-refractivity contribution in [1.82, 2.24) is 4.40 Å². The zero-order chi connectivity index (χ0) is 8.10. The monoisotopic (exact) mass is 149 g/mol. The highest BCUT2D eigenvalue weighted by Crippen LogP contribution is 2.01. The van der Waals surface area contributed by atoms with Crippen LogP contribution >= 0.6 is 0 Å². The highest BCUT2D eigenvalue weighted by Gasteiger charge is 1.83.